The first-order valence-corrected chi connectivity index (χ1v) is 9.71. The highest BCUT2D eigenvalue weighted by molar-refractivity contribution is 6.07. The third-order valence-corrected chi connectivity index (χ3v) is 6.17. The molecule has 3 atom stereocenters. The molecule has 5 rings (SSSR count). The van der Waals surface area contributed by atoms with E-state index in [-0.39, 0.29) is 23.9 Å². The number of ether oxygens (including phenoxy) is 3. The second-order valence-corrected chi connectivity index (χ2v) is 7.67. The smallest absolute Gasteiger partial charge is 0.262 e. The van der Waals surface area contributed by atoms with E-state index in [1.165, 1.54) is 4.90 Å². The molecule has 7 heteroatoms. The number of nitrogens with zero attached hydrogens (tertiary/aromatic N) is 2. The maximum atomic E-state index is 13.5. The predicted molar refractivity (Wildman–Crippen MR) is 108 cm³/mol. The van der Waals surface area contributed by atoms with Gasteiger partial charge in [0, 0.05) is 19.0 Å². The van der Waals surface area contributed by atoms with Gasteiger partial charge in [0.2, 0.25) is 0 Å². The maximum absolute atomic E-state index is 13.5. The first-order valence-electron chi connectivity index (χ1n) is 9.71. The lowest BCUT2D eigenvalue weighted by Gasteiger charge is -2.45. The van der Waals surface area contributed by atoms with Crippen LogP contribution in [-0.2, 0) is 15.1 Å². The summed E-state index contributed by atoms with van der Waals surface area (Å²) in [6, 6.07) is 13.7. The third-order valence-electron chi connectivity index (χ3n) is 6.17. The molecule has 7 nitrogen and oxygen atoms in total. The minimum Gasteiger partial charge on any atom is -0.497 e. The summed E-state index contributed by atoms with van der Waals surface area (Å²) in [6.45, 7) is 1.02. The number of likely N-dealkylation sites (N-methyl/N-ethyl adjacent to an activating group) is 1. The molecule has 1 fully saturated rings. The normalized spacial score (nSPS) is 27.9. The average Bonchev–Trinajstić information content (AvgIpc) is 2.98. The van der Waals surface area contributed by atoms with Crippen LogP contribution >= 0.6 is 0 Å². The molecule has 2 N–H and O–H groups in total. The first-order chi connectivity index (χ1) is 14.0. The van der Waals surface area contributed by atoms with Crippen LogP contribution in [0.25, 0.3) is 11.1 Å². The summed E-state index contributed by atoms with van der Waals surface area (Å²) in [4.78, 5) is 19.6. The van der Waals surface area contributed by atoms with E-state index in [4.69, 9.17) is 24.9 Å². The van der Waals surface area contributed by atoms with Gasteiger partial charge < -0.3 is 19.9 Å². The monoisotopic (exact) mass is 393 g/mol. The zero-order valence-electron chi connectivity index (χ0n) is 16.4. The molecule has 1 unspecified atom stereocenters. The number of aliphatic imine (C=N–C) groups is 1. The van der Waals surface area contributed by atoms with Crippen molar-refractivity contribution < 1.29 is 19.0 Å². The number of rotatable bonds is 2. The van der Waals surface area contributed by atoms with Crippen LogP contribution in [0.2, 0.25) is 0 Å². The van der Waals surface area contributed by atoms with Gasteiger partial charge in [-0.15, -0.1) is 0 Å². The van der Waals surface area contributed by atoms with Crippen molar-refractivity contribution >= 4 is 11.9 Å². The van der Waals surface area contributed by atoms with Crippen molar-refractivity contribution in [1.82, 2.24) is 4.90 Å². The van der Waals surface area contributed by atoms with Gasteiger partial charge in [-0.25, -0.2) is 4.99 Å². The van der Waals surface area contributed by atoms with Crippen molar-refractivity contribution in [3.63, 3.8) is 0 Å². The summed E-state index contributed by atoms with van der Waals surface area (Å²) in [5.41, 5.74) is 7.66. The summed E-state index contributed by atoms with van der Waals surface area (Å²) >= 11 is 0. The largest absolute Gasteiger partial charge is 0.497 e. The van der Waals surface area contributed by atoms with E-state index < -0.39 is 5.54 Å². The fourth-order valence-electron chi connectivity index (χ4n) is 4.60. The van der Waals surface area contributed by atoms with Crippen molar-refractivity contribution in [2.45, 2.75) is 18.1 Å². The average molecular weight is 393 g/mol. The number of guanidine groups is 1. The Bertz CT molecular complexity index is 1020. The molecule has 2 aromatic rings. The summed E-state index contributed by atoms with van der Waals surface area (Å²) in [7, 11) is 3.30. The van der Waals surface area contributed by atoms with E-state index in [0.717, 1.165) is 28.9 Å². The maximum Gasteiger partial charge on any atom is 0.262 e. The van der Waals surface area contributed by atoms with Crippen molar-refractivity contribution in [3.8, 4) is 22.6 Å². The molecule has 1 saturated heterocycles. The Morgan fingerprint density at radius 2 is 2.07 bits per heavy atom. The number of hydrogen-bond acceptors (Lipinski definition) is 6. The van der Waals surface area contributed by atoms with Crippen LogP contribution in [0, 0.1) is 5.92 Å². The van der Waals surface area contributed by atoms with Gasteiger partial charge in [-0.2, -0.15) is 0 Å². The van der Waals surface area contributed by atoms with E-state index in [0.29, 0.717) is 19.0 Å². The number of benzene rings is 2. The van der Waals surface area contributed by atoms with E-state index in [2.05, 4.69) is 0 Å². The topological polar surface area (TPSA) is 86.4 Å². The van der Waals surface area contributed by atoms with Crippen molar-refractivity contribution in [3.05, 3.63) is 48.0 Å². The molecule has 2 aromatic carbocycles. The van der Waals surface area contributed by atoms with Gasteiger partial charge in [0.15, 0.2) is 11.5 Å². The minimum atomic E-state index is -1.12. The minimum absolute atomic E-state index is 0.133. The molecule has 3 aliphatic rings. The third kappa shape index (κ3) is 2.54. The van der Waals surface area contributed by atoms with Crippen LogP contribution in [0.15, 0.2) is 47.5 Å². The van der Waals surface area contributed by atoms with Crippen molar-refractivity contribution in [2.75, 3.05) is 27.4 Å². The van der Waals surface area contributed by atoms with Crippen molar-refractivity contribution in [1.29, 1.82) is 0 Å². The van der Waals surface area contributed by atoms with Gasteiger partial charge in [0.05, 0.1) is 26.2 Å². The van der Waals surface area contributed by atoms with Gasteiger partial charge >= 0.3 is 0 Å². The Morgan fingerprint density at radius 1 is 1.24 bits per heavy atom. The molecule has 0 radical (unpaired) electrons. The van der Waals surface area contributed by atoms with E-state index in [9.17, 15) is 4.79 Å². The second-order valence-electron chi connectivity index (χ2n) is 7.67. The Hall–Kier alpha value is -3.06. The predicted octanol–water partition coefficient (Wildman–Crippen LogP) is 2.14. The molecule has 29 heavy (non-hydrogen) atoms. The lowest BCUT2D eigenvalue weighted by Crippen LogP contribution is -2.56. The zero-order valence-corrected chi connectivity index (χ0v) is 16.4. The highest BCUT2D eigenvalue weighted by atomic mass is 16.5. The van der Waals surface area contributed by atoms with Gasteiger partial charge in [-0.05, 0) is 35.4 Å². The van der Waals surface area contributed by atoms with E-state index in [1.54, 1.807) is 14.2 Å². The van der Waals surface area contributed by atoms with Gasteiger partial charge in [-0.1, -0.05) is 18.2 Å². The number of hydrogen-bond donors (Lipinski definition) is 1. The van der Waals surface area contributed by atoms with Crippen LogP contribution in [0.1, 0.15) is 12.0 Å². The van der Waals surface area contributed by atoms with Gasteiger partial charge in [0.25, 0.3) is 5.91 Å². The Morgan fingerprint density at radius 3 is 2.83 bits per heavy atom. The summed E-state index contributed by atoms with van der Waals surface area (Å²) < 4.78 is 17.4. The van der Waals surface area contributed by atoms with Crippen molar-refractivity contribution in [2.24, 2.45) is 16.6 Å². The van der Waals surface area contributed by atoms with Crippen LogP contribution in [0.4, 0.5) is 0 Å². The quantitative estimate of drug-likeness (QED) is 0.845. The Labute approximate surface area is 169 Å². The highest BCUT2D eigenvalue weighted by Gasteiger charge is 2.60. The Balaban J connectivity index is 1.70. The number of carbonyl (C=O) groups excluding carboxylic acids is 1. The molecule has 0 saturated carbocycles. The van der Waals surface area contributed by atoms with Gasteiger partial charge in [0.1, 0.15) is 17.6 Å². The first kappa shape index (κ1) is 18.0. The SMILES string of the molecule is COc1cccc(-c2ccc3c(c2)[C@]2(N=C(N)N(C)C2=O)[C@H]2COCCC2O3)c1. The number of nitrogens with two attached hydrogens (primary N) is 1. The fraction of sp³-hybridized carbons (Fsp3) is 0.364. The molecule has 3 aliphatic heterocycles. The van der Waals surface area contributed by atoms with E-state index >= 15 is 0 Å². The number of carbonyl (C=O) groups is 1. The molecule has 1 spiro atoms. The molecular formula is C22H23N3O4. The summed E-state index contributed by atoms with van der Waals surface area (Å²) in [6.07, 6.45) is 0.585. The number of methoxy groups -OCH3 is 1. The lowest BCUT2D eigenvalue weighted by atomic mass is 9.71. The molecule has 150 valence electrons. The molecule has 1 amide bonds. The molecule has 0 aromatic heterocycles. The van der Waals surface area contributed by atoms with Gasteiger partial charge in [-0.3, -0.25) is 9.69 Å². The summed E-state index contributed by atoms with van der Waals surface area (Å²) in [5.74, 6) is 1.31. The zero-order chi connectivity index (χ0) is 20.2. The lowest BCUT2D eigenvalue weighted by molar-refractivity contribution is -0.141. The van der Waals surface area contributed by atoms with Crippen LogP contribution < -0.4 is 15.2 Å². The highest BCUT2D eigenvalue weighted by Crippen LogP contribution is 2.51. The van der Waals surface area contributed by atoms with Crippen LogP contribution in [-0.4, -0.2) is 50.2 Å². The molecule has 3 heterocycles. The van der Waals surface area contributed by atoms with Crippen LogP contribution in [0.3, 0.4) is 0 Å². The Kier molecular flexibility index (Phi) is 4.03. The standard InChI is InChI=1S/C22H23N3O4/c1-25-20(26)22(24-21(25)23)16-11-14(13-4-3-5-15(10-13)27-2)6-7-18(16)29-19-8-9-28-12-17(19)22/h3-7,10-11,17,19H,8-9,12H2,1-2H3,(H2,23,24)/t17-,19?,22-/m0/s1. The fourth-order valence-corrected chi connectivity index (χ4v) is 4.60. The number of fused-ring (bicyclic) bond motifs is 4. The number of amides is 1. The molecule has 0 bridgehead atoms. The summed E-state index contributed by atoms with van der Waals surface area (Å²) in [5, 5.41) is 0. The van der Waals surface area contributed by atoms with E-state index in [1.807, 2.05) is 42.5 Å². The molecular weight excluding hydrogens is 370 g/mol. The second kappa shape index (κ2) is 6.49. The van der Waals surface area contributed by atoms with Crippen LogP contribution in [0.5, 0.6) is 11.5 Å². The molecule has 0 aliphatic carbocycles.